The van der Waals surface area contributed by atoms with Crippen LogP contribution in [0.2, 0.25) is 0 Å². The van der Waals surface area contributed by atoms with Crippen molar-refractivity contribution >= 4 is 11.6 Å². The largest absolute Gasteiger partial charge is 0.489 e. The summed E-state index contributed by atoms with van der Waals surface area (Å²) in [5.41, 5.74) is 3.75. The topological polar surface area (TPSA) is 50.4 Å². The number of hydrogen-bond acceptors (Lipinski definition) is 3. The first-order valence-electron chi connectivity index (χ1n) is 7.07. The fourth-order valence-electron chi connectivity index (χ4n) is 2.33. The van der Waals surface area contributed by atoms with Gasteiger partial charge in [0, 0.05) is 13.1 Å². The molecule has 0 fully saturated rings. The highest BCUT2D eigenvalue weighted by atomic mass is 16.5. The minimum atomic E-state index is -0.115. The lowest BCUT2D eigenvalue weighted by Crippen LogP contribution is -2.26. The van der Waals surface area contributed by atoms with Gasteiger partial charge in [-0.2, -0.15) is 0 Å². The fourth-order valence-corrected chi connectivity index (χ4v) is 2.33. The number of ether oxygens (including phenoxy) is 1. The summed E-state index contributed by atoms with van der Waals surface area (Å²) in [4.78, 5) is 12.3. The molecule has 1 aliphatic rings. The van der Waals surface area contributed by atoms with Crippen LogP contribution in [0.5, 0.6) is 5.75 Å². The second-order valence-corrected chi connectivity index (χ2v) is 5.13. The van der Waals surface area contributed by atoms with E-state index >= 15 is 0 Å². The average molecular weight is 282 g/mol. The molecule has 0 saturated carbocycles. The highest BCUT2D eigenvalue weighted by Crippen LogP contribution is 2.31. The second kappa shape index (κ2) is 5.87. The molecule has 0 bridgehead atoms. The van der Waals surface area contributed by atoms with Gasteiger partial charge in [0.25, 0.3) is 5.91 Å². The Morgan fingerprint density at radius 3 is 2.86 bits per heavy atom. The fraction of sp³-hybridized carbons (Fsp3) is 0.235. The van der Waals surface area contributed by atoms with Gasteiger partial charge in [0.1, 0.15) is 6.61 Å². The van der Waals surface area contributed by atoms with E-state index in [9.17, 15) is 4.79 Å². The first kappa shape index (κ1) is 13.5. The summed E-state index contributed by atoms with van der Waals surface area (Å²) in [6, 6.07) is 13.7. The Bertz CT molecular complexity index is 650. The van der Waals surface area contributed by atoms with Crippen molar-refractivity contribution in [2.24, 2.45) is 0 Å². The quantitative estimate of drug-likeness (QED) is 0.910. The summed E-state index contributed by atoms with van der Waals surface area (Å²) >= 11 is 0. The Kier molecular flexibility index (Phi) is 3.77. The van der Waals surface area contributed by atoms with Crippen molar-refractivity contribution in [3.05, 3.63) is 59.2 Å². The van der Waals surface area contributed by atoms with E-state index in [0.717, 1.165) is 17.8 Å². The zero-order chi connectivity index (χ0) is 14.7. The Morgan fingerprint density at radius 1 is 1.24 bits per heavy atom. The maximum absolute atomic E-state index is 12.3. The third-order valence-corrected chi connectivity index (χ3v) is 3.50. The van der Waals surface area contributed by atoms with Crippen LogP contribution in [0.4, 0.5) is 5.69 Å². The minimum Gasteiger partial charge on any atom is -0.489 e. The molecule has 0 aliphatic carbocycles. The minimum absolute atomic E-state index is 0.115. The Morgan fingerprint density at radius 2 is 2.05 bits per heavy atom. The maximum atomic E-state index is 12.3. The van der Waals surface area contributed by atoms with Crippen LogP contribution in [0.1, 0.15) is 21.5 Å². The molecule has 21 heavy (non-hydrogen) atoms. The number of carbonyl (C=O) groups is 1. The zero-order valence-corrected chi connectivity index (χ0v) is 12.0. The summed E-state index contributed by atoms with van der Waals surface area (Å²) in [6.45, 7) is 3.90. The van der Waals surface area contributed by atoms with Crippen molar-refractivity contribution in [2.75, 3.05) is 18.5 Å². The Hall–Kier alpha value is -2.49. The van der Waals surface area contributed by atoms with E-state index in [0.29, 0.717) is 24.5 Å². The molecule has 0 spiro atoms. The molecule has 2 aromatic rings. The van der Waals surface area contributed by atoms with Crippen LogP contribution in [0.15, 0.2) is 42.5 Å². The third-order valence-electron chi connectivity index (χ3n) is 3.50. The lowest BCUT2D eigenvalue weighted by molar-refractivity contribution is 0.0947. The SMILES string of the molecule is Cc1ccc(CNC(=O)c2cccc3c2OCCN3)cc1. The van der Waals surface area contributed by atoms with Crippen molar-refractivity contribution in [3.8, 4) is 5.75 Å². The van der Waals surface area contributed by atoms with Crippen molar-refractivity contribution in [1.29, 1.82) is 0 Å². The molecule has 0 atom stereocenters. The molecular formula is C17H18N2O2. The summed E-state index contributed by atoms with van der Waals surface area (Å²) in [7, 11) is 0. The van der Waals surface area contributed by atoms with Crippen LogP contribution in [-0.4, -0.2) is 19.1 Å². The number of nitrogens with one attached hydrogen (secondary N) is 2. The second-order valence-electron chi connectivity index (χ2n) is 5.13. The predicted octanol–water partition coefficient (Wildman–Crippen LogP) is 2.73. The lowest BCUT2D eigenvalue weighted by Gasteiger charge is -2.21. The highest BCUT2D eigenvalue weighted by molar-refractivity contribution is 5.98. The molecule has 0 aromatic heterocycles. The number of aryl methyl sites for hydroxylation is 1. The van der Waals surface area contributed by atoms with Gasteiger partial charge in [0.05, 0.1) is 11.3 Å². The van der Waals surface area contributed by atoms with Crippen LogP contribution in [0.3, 0.4) is 0 Å². The molecule has 0 unspecified atom stereocenters. The Labute approximate surface area is 124 Å². The van der Waals surface area contributed by atoms with Crippen LogP contribution >= 0.6 is 0 Å². The molecule has 0 radical (unpaired) electrons. The van der Waals surface area contributed by atoms with Gasteiger partial charge >= 0.3 is 0 Å². The molecule has 4 nitrogen and oxygen atoms in total. The van der Waals surface area contributed by atoms with Gasteiger partial charge in [0.2, 0.25) is 0 Å². The number of fused-ring (bicyclic) bond motifs is 1. The van der Waals surface area contributed by atoms with Gasteiger partial charge in [-0.05, 0) is 24.6 Å². The van der Waals surface area contributed by atoms with E-state index in [2.05, 4.69) is 10.6 Å². The molecular weight excluding hydrogens is 264 g/mol. The summed E-state index contributed by atoms with van der Waals surface area (Å²) in [5.74, 6) is 0.529. The van der Waals surface area contributed by atoms with Gasteiger partial charge in [0.15, 0.2) is 5.75 Å². The van der Waals surface area contributed by atoms with Gasteiger partial charge in [-0.25, -0.2) is 0 Å². The number of benzene rings is 2. The van der Waals surface area contributed by atoms with Crippen LogP contribution in [0, 0.1) is 6.92 Å². The van der Waals surface area contributed by atoms with E-state index in [1.807, 2.05) is 43.3 Å². The van der Waals surface area contributed by atoms with E-state index < -0.39 is 0 Å². The molecule has 108 valence electrons. The van der Waals surface area contributed by atoms with Crippen LogP contribution in [-0.2, 0) is 6.54 Å². The highest BCUT2D eigenvalue weighted by Gasteiger charge is 2.18. The summed E-state index contributed by atoms with van der Waals surface area (Å²) < 4.78 is 5.62. The average Bonchev–Trinajstić information content (AvgIpc) is 2.53. The van der Waals surface area contributed by atoms with E-state index in [-0.39, 0.29) is 5.91 Å². The molecule has 1 heterocycles. The zero-order valence-electron chi connectivity index (χ0n) is 12.0. The van der Waals surface area contributed by atoms with Gasteiger partial charge < -0.3 is 15.4 Å². The van der Waals surface area contributed by atoms with Gasteiger partial charge in [-0.15, -0.1) is 0 Å². The lowest BCUT2D eigenvalue weighted by atomic mass is 10.1. The monoisotopic (exact) mass is 282 g/mol. The number of anilines is 1. The first-order valence-corrected chi connectivity index (χ1v) is 7.07. The third kappa shape index (κ3) is 2.99. The molecule has 2 aromatic carbocycles. The number of amides is 1. The molecule has 4 heteroatoms. The van der Waals surface area contributed by atoms with Crippen LogP contribution < -0.4 is 15.4 Å². The number of carbonyl (C=O) groups excluding carboxylic acids is 1. The van der Waals surface area contributed by atoms with Crippen molar-refractivity contribution in [2.45, 2.75) is 13.5 Å². The normalized spacial score (nSPS) is 12.8. The van der Waals surface area contributed by atoms with Crippen molar-refractivity contribution < 1.29 is 9.53 Å². The molecule has 1 aliphatic heterocycles. The van der Waals surface area contributed by atoms with Gasteiger partial charge in [-0.3, -0.25) is 4.79 Å². The number of rotatable bonds is 3. The number of para-hydroxylation sites is 1. The molecule has 2 N–H and O–H groups in total. The van der Waals surface area contributed by atoms with Crippen molar-refractivity contribution in [3.63, 3.8) is 0 Å². The number of hydrogen-bond donors (Lipinski definition) is 2. The summed E-state index contributed by atoms with van der Waals surface area (Å²) in [5, 5.41) is 6.17. The van der Waals surface area contributed by atoms with E-state index in [1.54, 1.807) is 6.07 Å². The van der Waals surface area contributed by atoms with Gasteiger partial charge in [-0.1, -0.05) is 35.9 Å². The predicted molar refractivity (Wildman–Crippen MR) is 82.8 cm³/mol. The maximum Gasteiger partial charge on any atom is 0.255 e. The van der Waals surface area contributed by atoms with E-state index in [4.69, 9.17) is 4.74 Å². The smallest absolute Gasteiger partial charge is 0.255 e. The van der Waals surface area contributed by atoms with Crippen molar-refractivity contribution in [1.82, 2.24) is 5.32 Å². The molecule has 1 amide bonds. The standard InChI is InChI=1S/C17H18N2O2/c1-12-5-7-13(8-6-12)11-19-17(20)14-3-2-4-15-16(14)21-10-9-18-15/h2-8,18H,9-11H2,1H3,(H,19,20). The summed E-state index contributed by atoms with van der Waals surface area (Å²) in [6.07, 6.45) is 0. The first-order chi connectivity index (χ1) is 10.2. The molecule has 3 rings (SSSR count). The molecule has 0 saturated heterocycles. The Balaban J connectivity index is 1.72. The van der Waals surface area contributed by atoms with Crippen LogP contribution in [0.25, 0.3) is 0 Å². The van der Waals surface area contributed by atoms with E-state index in [1.165, 1.54) is 5.56 Å².